The van der Waals surface area contributed by atoms with E-state index in [1.54, 1.807) is 0 Å². The molecule has 2 aromatic heterocycles. The summed E-state index contributed by atoms with van der Waals surface area (Å²) in [5, 5.41) is 12.2. The Balaban J connectivity index is 1.99. The van der Waals surface area contributed by atoms with E-state index in [0.29, 0.717) is 16.4 Å². The Morgan fingerprint density at radius 2 is 2.20 bits per heavy atom. The quantitative estimate of drug-likeness (QED) is 0.751. The number of urea groups is 1. The third-order valence-electron chi connectivity index (χ3n) is 2.59. The second-order valence-corrected chi connectivity index (χ2v) is 5.12. The number of thiophene rings is 1. The number of amides is 2. The van der Waals surface area contributed by atoms with Crippen molar-refractivity contribution in [2.24, 2.45) is 0 Å². The average Bonchev–Trinajstić information content (AvgIpc) is 2.72. The van der Waals surface area contributed by atoms with E-state index in [2.05, 4.69) is 32.2 Å². The molecule has 7 nitrogen and oxygen atoms in total. The molecule has 0 aliphatic heterocycles. The Bertz CT molecular complexity index is 661. The molecule has 20 heavy (non-hydrogen) atoms. The predicted octanol–water partition coefficient (Wildman–Crippen LogP) is 2.18. The van der Waals surface area contributed by atoms with Crippen LogP contribution in [0.4, 0.5) is 15.6 Å². The molecule has 102 valence electrons. The fourth-order valence-corrected chi connectivity index (χ4v) is 2.47. The van der Waals surface area contributed by atoms with Crippen molar-refractivity contribution >= 4 is 28.2 Å². The van der Waals surface area contributed by atoms with Gasteiger partial charge in [-0.1, -0.05) is 0 Å². The van der Waals surface area contributed by atoms with Crippen LogP contribution in [0.25, 0.3) is 0 Å². The number of carbonyl (C=O) groups is 1. The van der Waals surface area contributed by atoms with Crippen LogP contribution in [0.15, 0.2) is 18.6 Å². The van der Waals surface area contributed by atoms with Crippen molar-refractivity contribution in [3.8, 4) is 6.07 Å². The molecule has 0 unspecified atom stereocenters. The summed E-state index contributed by atoms with van der Waals surface area (Å²) in [5.41, 5.74) is 6.40. The Morgan fingerprint density at radius 3 is 2.85 bits per heavy atom. The van der Waals surface area contributed by atoms with E-state index in [1.807, 2.05) is 13.8 Å². The standard InChI is InChI=1S/C12H12N6OS/c1-7-8(2)20-11(9(7)5-13)16-12(19)18-17-10-6-14-3-4-15-10/h3-4,6H,1-2H3,(H,15,17)(H2,16,18,19). The van der Waals surface area contributed by atoms with Crippen LogP contribution in [0.5, 0.6) is 0 Å². The van der Waals surface area contributed by atoms with E-state index >= 15 is 0 Å². The van der Waals surface area contributed by atoms with E-state index in [1.165, 1.54) is 29.9 Å². The van der Waals surface area contributed by atoms with Gasteiger partial charge >= 0.3 is 6.03 Å². The number of aryl methyl sites for hydroxylation is 1. The van der Waals surface area contributed by atoms with Gasteiger partial charge in [-0.25, -0.2) is 15.2 Å². The summed E-state index contributed by atoms with van der Waals surface area (Å²) < 4.78 is 0. The maximum Gasteiger partial charge on any atom is 0.338 e. The van der Waals surface area contributed by atoms with Crippen molar-refractivity contribution in [3.63, 3.8) is 0 Å². The predicted molar refractivity (Wildman–Crippen MR) is 76.3 cm³/mol. The summed E-state index contributed by atoms with van der Waals surface area (Å²) in [4.78, 5) is 20.5. The molecule has 3 N–H and O–H groups in total. The van der Waals surface area contributed by atoms with Gasteiger partial charge in [-0.05, 0) is 19.4 Å². The number of carbonyl (C=O) groups excluding carboxylic acids is 1. The van der Waals surface area contributed by atoms with Gasteiger partial charge in [-0.15, -0.1) is 11.3 Å². The van der Waals surface area contributed by atoms with Crippen molar-refractivity contribution < 1.29 is 4.79 Å². The van der Waals surface area contributed by atoms with Crippen LogP contribution in [0.3, 0.4) is 0 Å². The molecule has 2 rings (SSSR count). The molecule has 0 saturated heterocycles. The average molecular weight is 288 g/mol. The molecular formula is C12H12N6OS. The van der Waals surface area contributed by atoms with Crippen molar-refractivity contribution in [3.05, 3.63) is 34.6 Å². The molecule has 0 radical (unpaired) electrons. The summed E-state index contributed by atoms with van der Waals surface area (Å²) in [6.07, 6.45) is 4.50. The maximum atomic E-state index is 11.7. The lowest BCUT2D eigenvalue weighted by Gasteiger charge is -2.07. The van der Waals surface area contributed by atoms with Gasteiger partial charge in [0, 0.05) is 17.3 Å². The summed E-state index contributed by atoms with van der Waals surface area (Å²) >= 11 is 1.37. The molecule has 0 bridgehead atoms. The Hall–Kier alpha value is -2.66. The van der Waals surface area contributed by atoms with E-state index in [9.17, 15) is 4.79 Å². The topological polar surface area (TPSA) is 103 Å². The highest BCUT2D eigenvalue weighted by Crippen LogP contribution is 2.31. The van der Waals surface area contributed by atoms with Crippen LogP contribution < -0.4 is 16.2 Å². The Labute approximate surface area is 119 Å². The zero-order chi connectivity index (χ0) is 14.5. The number of hydrogen-bond acceptors (Lipinski definition) is 6. The van der Waals surface area contributed by atoms with Gasteiger partial charge in [-0.2, -0.15) is 5.26 Å². The first-order chi connectivity index (χ1) is 9.61. The molecule has 0 aliphatic rings. The van der Waals surface area contributed by atoms with Gasteiger partial charge in [0.1, 0.15) is 11.1 Å². The molecule has 0 saturated carbocycles. The molecule has 0 atom stereocenters. The minimum absolute atomic E-state index is 0.418. The Morgan fingerprint density at radius 1 is 1.40 bits per heavy atom. The number of rotatable bonds is 3. The smallest absolute Gasteiger partial charge is 0.297 e. The van der Waals surface area contributed by atoms with E-state index in [-0.39, 0.29) is 0 Å². The highest BCUT2D eigenvalue weighted by atomic mass is 32.1. The minimum atomic E-state index is -0.478. The lowest BCUT2D eigenvalue weighted by atomic mass is 10.2. The number of nitriles is 1. The van der Waals surface area contributed by atoms with Crippen molar-refractivity contribution in [1.29, 1.82) is 5.26 Å². The van der Waals surface area contributed by atoms with Crippen molar-refractivity contribution in [1.82, 2.24) is 15.4 Å². The van der Waals surface area contributed by atoms with Crippen LogP contribution >= 0.6 is 11.3 Å². The summed E-state index contributed by atoms with van der Waals surface area (Å²) in [6.45, 7) is 3.76. The second kappa shape index (κ2) is 5.99. The Kier molecular flexibility index (Phi) is 4.12. The summed E-state index contributed by atoms with van der Waals surface area (Å²) in [5.74, 6) is 0.418. The highest BCUT2D eigenvalue weighted by Gasteiger charge is 2.14. The van der Waals surface area contributed by atoms with Gasteiger partial charge in [0.15, 0.2) is 5.82 Å². The molecule has 0 spiro atoms. The van der Waals surface area contributed by atoms with Crippen LogP contribution in [0, 0.1) is 25.2 Å². The summed E-state index contributed by atoms with van der Waals surface area (Å²) in [7, 11) is 0. The lowest BCUT2D eigenvalue weighted by Crippen LogP contribution is -2.33. The SMILES string of the molecule is Cc1sc(NC(=O)NNc2cnccn2)c(C#N)c1C. The number of hydrogen-bond donors (Lipinski definition) is 3. The fourth-order valence-electron chi connectivity index (χ4n) is 1.47. The monoisotopic (exact) mass is 288 g/mol. The molecule has 0 fully saturated rings. The molecule has 2 heterocycles. The van der Waals surface area contributed by atoms with Crippen LogP contribution in [-0.2, 0) is 0 Å². The van der Waals surface area contributed by atoms with Gasteiger partial charge in [0.25, 0.3) is 0 Å². The van der Waals surface area contributed by atoms with Crippen LogP contribution in [0.2, 0.25) is 0 Å². The van der Waals surface area contributed by atoms with Gasteiger partial charge in [-0.3, -0.25) is 15.7 Å². The number of anilines is 2. The highest BCUT2D eigenvalue weighted by molar-refractivity contribution is 7.16. The molecule has 8 heteroatoms. The van der Waals surface area contributed by atoms with E-state index < -0.39 is 6.03 Å². The van der Waals surface area contributed by atoms with Crippen LogP contribution in [0.1, 0.15) is 16.0 Å². The number of hydrazine groups is 1. The van der Waals surface area contributed by atoms with Gasteiger partial charge in [0.05, 0.1) is 11.8 Å². The molecule has 2 aromatic rings. The maximum absolute atomic E-state index is 11.7. The first-order valence-electron chi connectivity index (χ1n) is 5.71. The van der Waals surface area contributed by atoms with Crippen molar-refractivity contribution in [2.75, 3.05) is 10.7 Å². The minimum Gasteiger partial charge on any atom is -0.297 e. The number of nitrogens with zero attached hydrogens (tertiary/aromatic N) is 3. The third-order valence-corrected chi connectivity index (χ3v) is 3.71. The molecule has 0 aliphatic carbocycles. The van der Waals surface area contributed by atoms with Crippen molar-refractivity contribution in [2.45, 2.75) is 13.8 Å². The summed E-state index contributed by atoms with van der Waals surface area (Å²) in [6, 6.07) is 1.61. The third kappa shape index (κ3) is 3.02. The lowest BCUT2D eigenvalue weighted by molar-refractivity contribution is 0.254. The van der Waals surface area contributed by atoms with E-state index in [0.717, 1.165) is 10.4 Å². The van der Waals surface area contributed by atoms with Gasteiger partial charge < -0.3 is 0 Å². The van der Waals surface area contributed by atoms with Gasteiger partial charge in [0.2, 0.25) is 0 Å². The zero-order valence-corrected chi connectivity index (χ0v) is 11.7. The molecular weight excluding hydrogens is 276 g/mol. The first-order valence-corrected chi connectivity index (χ1v) is 6.52. The fraction of sp³-hybridized carbons (Fsp3) is 0.167. The second-order valence-electron chi connectivity index (χ2n) is 3.89. The zero-order valence-electron chi connectivity index (χ0n) is 10.9. The molecule has 0 aromatic carbocycles. The number of aromatic nitrogens is 2. The first kappa shape index (κ1) is 13.8. The number of nitrogens with one attached hydrogen (secondary N) is 3. The largest absolute Gasteiger partial charge is 0.338 e. The molecule has 2 amide bonds. The van der Waals surface area contributed by atoms with E-state index in [4.69, 9.17) is 5.26 Å². The normalized spacial score (nSPS) is 9.65. The van der Waals surface area contributed by atoms with Crippen LogP contribution in [-0.4, -0.2) is 16.0 Å².